The first-order chi connectivity index (χ1) is 12.9. The van der Waals surface area contributed by atoms with Crippen LogP contribution in [0, 0.1) is 11.6 Å². The van der Waals surface area contributed by atoms with Gasteiger partial charge in [0.15, 0.2) is 0 Å². The van der Waals surface area contributed by atoms with Gasteiger partial charge >= 0.3 is 0 Å². The fraction of sp³-hybridized carbons (Fsp3) is 0.412. The number of aliphatic imine (C=N–C) groups is 1. The lowest BCUT2D eigenvalue weighted by atomic mass is 10.2. The van der Waals surface area contributed by atoms with E-state index >= 15 is 0 Å². The topological polar surface area (TPSA) is 88.1 Å². The van der Waals surface area contributed by atoms with Gasteiger partial charge in [-0.15, -0.1) is 0 Å². The van der Waals surface area contributed by atoms with Crippen LogP contribution in [0.4, 0.5) is 14.5 Å². The Kier molecular flexibility index (Phi) is 6.17. The van der Waals surface area contributed by atoms with Crippen LogP contribution in [0.1, 0.15) is 12.8 Å². The molecule has 0 unspecified atom stereocenters. The minimum atomic E-state index is -0.901. The van der Waals surface area contributed by atoms with Crippen LogP contribution in [0.15, 0.2) is 23.2 Å². The standard InChI is InChI=1S/C17H17F2N3O4S/c18-10-1-2-12(11(19)7-10)20-14(23)8-13-17(25)21-15(27-13)9-16(24)22-3-5-26-6-4-22/h1-2,7,13H,3-6,8-9H2,(H,20,23)/t13-/m0/s1. The van der Waals surface area contributed by atoms with E-state index in [1.165, 1.54) is 0 Å². The third kappa shape index (κ3) is 5.10. The average Bonchev–Trinajstić information content (AvgIpc) is 2.97. The Morgan fingerprint density at radius 1 is 1.30 bits per heavy atom. The molecule has 1 aromatic carbocycles. The van der Waals surface area contributed by atoms with Crippen LogP contribution >= 0.6 is 11.8 Å². The average molecular weight is 397 g/mol. The summed E-state index contributed by atoms with van der Waals surface area (Å²) in [5.74, 6) is -2.89. The van der Waals surface area contributed by atoms with Gasteiger partial charge < -0.3 is 15.0 Å². The maximum atomic E-state index is 13.6. The second-order valence-electron chi connectivity index (χ2n) is 6.00. The molecule has 0 saturated carbocycles. The third-order valence-electron chi connectivity index (χ3n) is 4.03. The molecule has 3 rings (SSSR count). The van der Waals surface area contributed by atoms with Crippen LogP contribution in [0.5, 0.6) is 0 Å². The molecule has 0 spiro atoms. The van der Waals surface area contributed by atoms with E-state index < -0.39 is 28.7 Å². The van der Waals surface area contributed by atoms with Crippen LogP contribution in [0.2, 0.25) is 0 Å². The van der Waals surface area contributed by atoms with Gasteiger partial charge in [0.1, 0.15) is 16.9 Å². The number of carbonyl (C=O) groups excluding carboxylic acids is 3. The molecule has 1 aromatic rings. The smallest absolute Gasteiger partial charge is 0.260 e. The number of amides is 3. The summed E-state index contributed by atoms with van der Waals surface area (Å²) in [5, 5.41) is 1.91. The van der Waals surface area contributed by atoms with Crippen molar-refractivity contribution in [1.82, 2.24) is 4.90 Å². The van der Waals surface area contributed by atoms with Gasteiger partial charge in [-0.1, -0.05) is 11.8 Å². The van der Waals surface area contributed by atoms with E-state index in [4.69, 9.17) is 4.74 Å². The molecule has 0 bridgehead atoms. The van der Waals surface area contributed by atoms with Crippen molar-refractivity contribution >= 4 is 40.2 Å². The number of anilines is 1. The lowest BCUT2D eigenvalue weighted by molar-refractivity contribution is -0.133. The van der Waals surface area contributed by atoms with Crippen LogP contribution in [-0.2, 0) is 19.1 Å². The van der Waals surface area contributed by atoms with E-state index in [9.17, 15) is 23.2 Å². The van der Waals surface area contributed by atoms with Crippen molar-refractivity contribution in [3.05, 3.63) is 29.8 Å². The van der Waals surface area contributed by atoms with Crippen LogP contribution in [0.3, 0.4) is 0 Å². The number of nitrogens with one attached hydrogen (secondary N) is 1. The van der Waals surface area contributed by atoms with E-state index in [0.717, 1.165) is 23.9 Å². The van der Waals surface area contributed by atoms with Gasteiger partial charge in [-0.3, -0.25) is 14.4 Å². The van der Waals surface area contributed by atoms with Gasteiger partial charge in [0.05, 0.1) is 30.4 Å². The minimum absolute atomic E-state index is 0.00111. The number of hydrogen-bond donors (Lipinski definition) is 1. The number of carbonyl (C=O) groups is 3. The van der Waals surface area contributed by atoms with Gasteiger partial charge in [0.2, 0.25) is 11.8 Å². The molecule has 0 aliphatic carbocycles. The molecule has 27 heavy (non-hydrogen) atoms. The van der Waals surface area contributed by atoms with Crippen molar-refractivity contribution in [3.63, 3.8) is 0 Å². The summed E-state index contributed by atoms with van der Waals surface area (Å²) in [6.07, 6.45) is -0.222. The van der Waals surface area contributed by atoms with Crippen molar-refractivity contribution in [1.29, 1.82) is 0 Å². The van der Waals surface area contributed by atoms with Gasteiger partial charge in [0.25, 0.3) is 5.91 Å². The molecular formula is C17H17F2N3O4S. The first-order valence-corrected chi connectivity index (χ1v) is 9.19. The number of morpholine rings is 1. The number of thioether (sulfide) groups is 1. The molecule has 1 atom stereocenters. The molecule has 1 N–H and O–H groups in total. The predicted molar refractivity (Wildman–Crippen MR) is 95.4 cm³/mol. The molecule has 1 fully saturated rings. The van der Waals surface area contributed by atoms with Crippen molar-refractivity contribution in [2.75, 3.05) is 31.6 Å². The highest BCUT2D eigenvalue weighted by Crippen LogP contribution is 2.28. The zero-order valence-electron chi connectivity index (χ0n) is 14.2. The first kappa shape index (κ1) is 19.4. The number of hydrogen-bond acceptors (Lipinski definition) is 5. The zero-order chi connectivity index (χ0) is 19.4. The maximum absolute atomic E-state index is 13.6. The third-order valence-corrected chi connectivity index (χ3v) is 5.19. The van der Waals surface area contributed by atoms with Crippen molar-refractivity contribution in [2.24, 2.45) is 4.99 Å². The Morgan fingerprint density at radius 2 is 2.04 bits per heavy atom. The summed E-state index contributed by atoms with van der Waals surface area (Å²) in [6.45, 7) is 1.96. The molecule has 7 nitrogen and oxygen atoms in total. The van der Waals surface area contributed by atoms with Gasteiger partial charge in [-0.2, -0.15) is 0 Å². The molecule has 3 amide bonds. The van der Waals surface area contributed by atoms with Crippen LogP contribution in [0.25, 0.3) is 0 Å². The van der Waals surface area contributed by atoms with Crippen molar-refractivity contribution < 1.29 is 27.9 Å². The summed E-state index contributed by atoms with van der Waals surface area (Å²) in [4.78, 5) is 41.7. The number of rotatable bonds is 5. The van der Waals surface area contributed by atoms with Gasteiger partial charge in [0, 0.05) is 25.6 Å². The SMILES string of the molecule is O=C(C[C@@H]1SC(CC(=O)N2CCOCC2)=NC1=O)Nc1ccc(F)cc1F. The molecule has 144 valence electrons. The summed E-state index contributed by atoms with van der Waals surface area (Å²) in [6, 6.07) is 2.78. The normalized spacial score (nSPS) is 19.8. The lowest BCUT2D eigenvalue weighted by Gasteiger charge is -2.26. The second kappa shape index (κ2) is 8.57. The highest BCUT2D eigenvalue weighted by molar-refractivity contribution is 8.15. The van der Waals surface area contributed by atoms with Crippen molar-refractivity contribution in [3.8, 4) is 0 Å². The maximum Gasteiger partial charge on any atom is 0.260 e. The molecule has 0 aromatic heterocycles. The second-order valence-corrected chi connectivity index (χ2v) is 7.27. The number of ether oxygens (including phenoxy) is 1. The molecule has 1 saturated heterocycles. The molecule has 2 aliphatic heterocycles. The van der Waals surface area contributed by atoms with Crippen molar-refractivity contribution in [2.45, 2.75) is 18.1 Å². The number of benzene rings is 1. The van der Waals surface area contributed by atoms with Gasteiger partial charge in [-0.05, 0) is 12.1 Å². The molecular weight excluding hydrogens is 380 g/mol. The Bertz CT molecular complexity index is 796. The van der Waals surface area contributed by atoms with E-state index in [1.807, 2.05) is 0 Å². The van der Waals surface area contributed by atoms with Crippen LogP contribution < -0.4 is 5.32 Å². The Morgan fingerprint density at radius 3 is 2.74 bits per heavy atom. The van der Waals surface area contributed by atoms with Gasteiger partial charge in [-0.25, -0.2) is 13.8 Å². The summed E-state index contributed by atoms with van der Waals surface area (Å²) in [5.41, 5.74) is -0.166. The van der Waals surface area contributed by atoms with E-state index in [1.54, 1.807) is 4.90 Å². The Hall–Kier alpha value is -2.33. The van der Waals surface area contributed by atoms with Crippen LogP contribution in [-0.4, -0.2) is 59.2 Å². The highest BCUT2D eigenvalue weighted by atomic mass is 32.2. The summed E-state index contributed by atoms with van der Waals surface area (Å²) in [7, 11) is 0. The first-order valence-electron chi connectivity index (χ1n) is 8.31. The monoisotopic (exact) mass is 397 g/mol. The molecule has 0 radical (unpaired) electrons. The Balaban J connectivity index is 1.51. The molecule has 10 heteroatoms. The van der Waals surface area contributed by atoms with E-state index in [2.05, 4.69) is 10.3 Å². The zero-order valence-corrected chi connectivity index (χ0v) is 15.1. The highest BCUT2D eigenvalue weighted by Gasteiger charge is 2.32. The quantitative estimate of drug-likeness (QED) is 0.815. The van der Waals surface area contributed by atoms with E-state index in [-0.39, 0.29) is 24.4 Å². The molecule has 2 heterocycles. The number of nitrogens with zero attached hydrogens (tertiary/aromatic N) is 2. The summed E-state index contributed by atoms with van der Waals surface area (Å²) < 4.78 is 31.7. The molecule has 2 aliphatic rings. The fourth-order valence-corrected chi connectivity index (χ4v) is 3.73. The minimum Gasteiger partial charge on any atom is -0.378 e. The predicted octanol–water partition coefficient (Wildman–Crippen LogP) is 1.58. The largest absolute Gasteiger partial charge is 0.378 e. The summed E-state index contributed by atoms with van der Waals surface area (Å²) >= 11 is 1.06. The number of halogens is 2. The Labute approximate surface area is 158 Å². The van der Waals surface area contributed by atoms with E-state index in [0.29, 0.717) is 37.4 Å². The fourth-order valence-electron chi connectivity index (χ4n) is 2.66. The lowest BCUT2D eigenvalue weighted by Crippen LogP contribution is -2.41.